The number of amides is 2. The molecule has 1 heterocycles. The largest absolute Gasteiger partial charge is 0.382 e. The van der Waals surface area contributed by atoms with Gasteiger partial charge < -0.3 is 15.0 Å². The van der Waals surface area contributed by atoms with E-state index in [1.807, 2.05) is 18.7 Å². The minimum absolute atomic E-state index is 0.00468. The van der Waals surface area contributed by atoms with Crippen LogP contribution in [0.4, 0.5) is 0 Å². The Morgan fingerprint density at radius 3 is 2.74 bits per heavy atom. The van der Waals surface area contributed by atoms with Gasteiger partial charge in [-0.1, -0.05) is 0 Å². The highest BCUT2D eigenvalue weighted by atomic mass is 16.5. The van der Waals surface area contributed by atoms with Gasteiger partial charge in [0.05, 0.1) is 0 Å². The molecule has 0 spiro atoms. The number of hydrogen-bond donors (Lipinski definition) is 1. The molecule has 5 heteroatoms. The van der Waals surface area contributed by atoms with E-state index < -0.39 is 0 Å². The predicted molar refractivity (Wildman–Crippen MR) is 71.6 cm³/mol. The van der Waals surface area contributed by atoms with E-state index in [2.05, 4.69) is 5.32 Å². The molecule has 1 saturated heterocycles. The summed E-state index contributed by atoms with van der Waals surface area (Å²) < 4.78 is 5.31. The van der Waals surface area contributed by atoms with E-state index in [1.54, 1.807) is 0 Å². The Hall–Kier alpha value is -1.10. The Labute approximate surface area is 114 Å². The number of ether oxygens (including phenoxy) is 1. The van der Waals surface area contributed by atoms with Crippen LogP contribution in [0.25, 0.3) is 0 Å². The van der Waals surface area contributed by atoms with Crippen LogP contribution >= 0.6 is 0 Å². The molecule has 1 aliphatic carbocycles. The molecule has 5 nitrogen and oxygen atoms in total. The fourth-order valence-corrected chi connectivity index (χ4v) is 2.63. The molecule has 2 unspecified atom stereocenters. The predicted octanol–water partition coefficient (Wildman–Crippen LogP) is 0.929. The SMILES string of the molecule is CCOCCCN1C(=O)C(C2CC2)NC(=O)CC1C. The Bertz CT molecular complexity index is 342. The summed E-state index contributed by atoms with van der Waals surface area (Å²) in [7, 11) is 0. The fourth-order valence-electron chi connectivity index (χ4n) is 2.63. The lowest BCUT2D eigenvalue weighted by Crippen LogP contribution is -2.48. The number of nitrogens with one attached hydrogen (secondary N) is 1. The Morgan fingerprint density at radius 1 is 1.37 bits per heavy atom. The molecular weight excluding hydrogens is 244 g/mol. The highest BCUT2D eigenvalue weighted by Gasteiger charge is 2.42. The van der Waals surface area contributed by atoms with Crippen molar-refractivity contribution in [2.75, 3.05) is 19.8 Å². The van der Waals surface area contributed by atoms with Crippen LogP contribution < -0.4 is 5.32 Å². The van der Waals surface area contributed by atoms with Crippen molar-refractivity contribution >= 4 is 11.8 Å². The third-order valence-corrected chi connectivity index (χ3v) is 3.86. The number of carbonyl (C=O) groups excluding carboxylic acids is 2. The molecule has 2 amide bonds. The number of rotatable bonds is 6. The van der Waals surface area contributed by atoms with Crippen LogP contribution in [0.2, 0.25) is 0 Å². The number of nitrogens with zero attached hydrogens (tertiary/aromatic N) is 1. The molecule has 0 aromatic rings. The van der Waals surface area contributed by atoms with Gasteiger partial charge >= 0.3 is 0 Å². The second-order valence-electron chi connectivity index (χ2n) is 5.52. The van der Waals surface area contributed by atoms with Gasteiger partial charge in [-0.25, -0.2) is 0 Å². The van der Waals surface area contributed by atoms with Gasteiger partial charge in [0.15, 0.2) is 0 Å². The maximum Gasteiger partial charge on any atom is 0.245 e. The molecule has 1 N–H and O–H groups in total. The number of hydrogen-bond acceptors (Lipinski definition) is 3. The number of carbonyl (C=O) groups is 2. The first kappa shape index (κ1) is 14.3. The molecule has 108 valence electrons. The first-order valence-electron chi connectivity index (χ1n) is 7.31. The molecular formula is C14H24N2O3. The van der Waals surface area contributed by atoms with Crippen LogP contribution in [0.5, 0.6) is 0 Å². The van der Waals surface area contributed by atoms with E-state index in [0.717, 1.165) is 19.3 Å². The van der Waals surface area contributed by atoms with Gasteiger partial charge in [-0.2, -0.15) is 0 Å². The highest BCUT2D eigenvalue weighted by Crippen LogP contribution is 2.34. The first-order valence-corrected chi connectivity index (χ1v) is 7.31. The molecule has 2 aliphatic rings. The summed E-state index contributed by atoms with van der Waals surface area (Å²) in [6, 6.07) is -0.303. The van der Waals surface area contributed by atoms with Crippen molar-refractivity contribution < 1.29 is 14.3 Å². The molecule has 2 atom stereocenters. The van der Waals surface area contributed by atoms with Crippen LogP contribution in [0.15, 0.2) is 0 Å². The maximum absolute atomic E-state index is 12.5. The van der Waals surface area contributed by atoms with Crippen LogP contribution in [-0.4, -0.2) is 48.6 Å². The summed E-state index contributed by atoms with van der Waals surface area (Å²) in [5.74, 6) is 0.457. The van der Waals surface area contributed by atoms with Gasteiger partial charge in [0.25, 0.3) is 0 Å². The third-order valence-electron chi connectivity index (χ3n) is 3.86. The first-order chi connectivity index (χ1) is 9.13. The topological polar surface area (TPSA) is 58.6 Å². The molecule has 1 aliphatic heterocycles. The molecule has 1 saturated carbocycles. The summed E-state index contributed by atoms with van der Waals surface area (Å²) in [5, 5.41) is 2.89. The normalized spacial score (nSPS) is 28.2. The summed E-state index contributed by atoms with van der Waals surface area (Å²) in [6.45, 7) is 5.97. The Balaban J connectivity index is 1.96. The van der Waals surface area contributed by atoms with Gasteiger partial charge in [-0.05, 0) is 39.0 Å². The molecule has 0 aromatic heterocycles. The molecule has 0 aromatic carbocycles. The van der Waals surface area contributed by atoms with E-state index in [4.69, 9.17) is 4.74 Å². The van der Waals surface area contributed by atoms with Crippen molar-refractivity contribution in [1.29, 1.82) is 0 Å². The zero-order valence-electron chi connectivity index (χ0n) is 11.9. The van der Waals surface area contributed by atoms with Crippen molar-refractivity contribution in [2.24, 2.45) is 5.92 Å². The highest BCUT2D eigenvalue weighted by molar-refractivity contribution is 5.91. The Kier molecular flexibility index (Phi) is 4.80. The molecule has 0 radical (unpaired) electrons. The standard InChI is InChI=1S/C14H24N2O3/c1-3-19-8-4-7-16-10(2)9-12(17)15-13(14(16)18)11-5-6-11/h10-11,13H,3-9H2,1-2H3,(H,15,17). The smallest absolute Gasteiger partial charge is 0.245 e. The lowest BCUT2D eigenvalue weighted by Gasteiger charge is -2.28. The maximum atomic E-state index is 12.5. The van der Waals surface area contributed by atoms with Gasteiger partial charge in [0.2, 0.25) is 11.8 Å². The monoisotopic (exact) mass is 268 g/mol. The van der Waals surface area contributed by atoms with Crippen LogP contribution in [0.3, 0.4) is 0 Å². The van der Waals surface area contributed by atoms with Gasteiger partial charge in [0.1, 0.15) is 6.04 Å². The minimum atomic E-state index is -0.287. The summed E-state index contributed by atoms with van der Waals surface area (Å²) in [5.41, 5.74) is 0. The minimum Gasteiger partial charge on any atom is -0.382 e. The average molecular weight is 268 g/mol. The lowest BCUT2D eigenvalue weighted by atomic mass is 10.1. The molecule has 2 fully saturated rings. The van der Waals surface area contributed by atoms with Crippen LogP contribution in [-0.2, 0) is 14.3 Å². The van der Waals surface area contributed by atoms with E-state index in [0.29, 0.717) is 32.1 Å². The second-order valence-corrected chi connectivity index (χ2v) is 5.52. The van der Waals surface area contributed by atoms with E-state index in [9.17, 15) is 9.59 Å². The average Bonchev–Trinajstić information content (AvgIpc) is 3.18. The van der Waals surface area contributed by atoms with Gasteiger partial charge in [-0.15, -0.1) is 0 Å². The third kappa shape index (κ3) is 3.69. The van der Waals surface area contributed by atoms with Crippen molar-refractivity contribution in [3.63, 3.8) is 0 Å². The van der Waals surface area contributed by atoms with Crippen molar-refractivity contribution in [3.05, 3.63) is 0 Å². The second kappa shape index (κ2) is 6.37. The fraction of sp³-hybridized carbons (Fsp3) is 0.857. The summed E-state index contributed by atoms with van der Waals surface area (Å²) >= 11 is 0. The summed E-state index contributed by atoms with van der Waals surface area (Å²) in [6.07, 6.45) is 3.34. The molecule has 19 heavy (non-hydrogen) atoms. The van der Waals surface area contributed by atoms with Crippen LogP contribution in [0.1, 0.15) is 39.5 Å². The zero-order valence-corrected chi connectivity index (χ0v) is 11.9. The van der Waals surface area contributed by atoms with Gasteiger partial charge in [-0.3, -0.25) is 9.59 Å². The van der Waals surface area contributed by atoms with Crippen LogP contribution in [0, 0.1) is 5.92 Å². The quantitative estimate of drug-likeness (QED) is 0.729. The van der Waals surface area contributed by atoms with Gasteiger partial charge in [0, 0.05) is 32.2 Å². The van der Waals surface area contributed by atoms with E-state index >= 15 is 0 Å². The van der Waals surface area contributed by atoms with Crippen molar-refractivity contribution in [1.82, 2.24) is 10.2 Å². The lowest BCUT2D eigenvalue weighted by molar-refractivity contribution is -0.135. The van der Waals surface area contributed by atoms with Crippen molar-refractivity contribution in [2.45, 2.75) is 51.6 Å². The Morgan fingerprint density at radius 2 is 2.11 bits per heavy atom. The summed E-state index contributed by atoms with van der Waals surface area (Å²) in [4.78, 5) is 26.2. The van der Waals surface area contributed by atoms with E-state index in [-0.39, 0.29) is 23.9 Å². The van der Waals surface area contributed by atoms with E-state index in [1.165, 1.54) is 0 Å². The molecule has 0 bridgehead atoms. The van der Waals surface area contributed by atoms with Crippen molar-refractivity contribution in [3.8, 4) is 0 Å². The zero-order chi connectivity index (χ0) is 13.8. The molecule has 2 rings (SSSR count).